The first-order valence-corrected chi connectivity index (χ1v) is 11.5. The zero-order valence-corrected chi connectivity index (χ0v) is 18.5. The highest BCUT2D eigenvalue weighted by molar-refractivity contribution is 6.17. The maximum atomic E-state index is 12.4. The first-order chi connectivity index (χ1) is 16.1. The zero-order chi connectivity index (χ0) is 22.5. The minimum atomic E-state index is -0.221. The van der Waals surface area contributed by atoms with Gasteiger partial charge in [0.2, 0.25) is 5.88 Å². The first kappa shape index (κ1) is 20.3. The number of piperazine rings is 1. The van der Waals surface area contributed by atoms with E-state index in [1.165, 1.54) is 0 Å². The number of carbonyl (C=O) groups excluding carboxylic acids is 2. The number of rotatable bonds is 4. The van der Waals surface area contributed by atoms with Gasteiger partial charge < -0.3 is 15.0 Å². The fourth-order valence-electron chi connectivity index (χ4n) is 4.98. The number of dihydropyridines is 2. The molecule has 0 aromatic carbocycles. The van der Waals surface area contributed by atoms with Gasteiger partial charge in [0.15, 0.2) is 0 Å². The Hall–Kier alpha value is -3.33. The van der Waals surface area contributed by atoms with Gasteiger partial charge in [0.1, 0.15) is 24.0 Å². The van der Waals surface area contributed by atoms with Crippen molar-refractivity contribution in [3.8, 4) is 5.88 Å². The minimum absolute atomic E-state index is 0.0868. The Labute approximate surface area is 191 Å². The number of anilines is 1. The number of pyridine rings is 1. The Morgan fingerprint density at radius 1 is 1.27 bits per heavy atom. The highest BCUT2D eigenvalue weighted by Gasteiger charge is 2.36. The molecule has 9 heteroatoms. The van der Waals surface area contributed by atoms with E-state index in [9.17, 15) is 9.59 Å². The van der Waals surface area contributed by atoms with Crippen molar-refractivity contribution in [2.45, 2.75) is 24.9 Å². The van der Waals surface area contributed by atoms with Crippen molar-refractivity contribution in [3.63, 3.8) is 0 Å². The van der Waals surface area contributed by atoms with Crippen molar-refractivity contribution in [2.24, 2.45) is 15.9 Å². The van der Waals surface area contributed by atoms with Crippen LogP contribution in [-0.2, 0) is 4.79 Å². The van der Waals surface area contributed by atoms with E-state index in [0.29, 0.717) is 24.1 Å². The lowest BCUT2D eigenvalue weighted by atomic mass is 9.97. The molecule has 2 amide bonds. The largest absolute Gasteiger partial charge is 0.474 e. The Morgan fingerprint density at radius 3 is 2.97 bits per heavy atom. The first-order valence-electron chi connectivity index (χ1n) is 11.5. The number of amides is 2. The second-order valence-electron chi connectivity index (χ2n) is 9.17. The Balaban J connectivity index is 1.12. The average Bonchev–Trinajstić information content (AvgIpc) is 3.68. The molecule has 5 aliphatic rings. The SMILES string of the molecule is CNC(=O)c1ccc2c(n1)OC[C@@H]1CN(CC3=CC4=NC(=O)C(C5CC5)=CC4N=C3)CCN21. The van der Waals surface area contributed by atoms with Gasteiger partial charge in [0, 0.05) is 45.0 Å². The molecule has 6 rings (SSSR count). The van der Waals surface area contributed by atoms with Gasteiger partial charge in [0.25, 0.3) is 11.8 Å². The van der Waals surface area contributed by atoms with Gasteiger partial charge in [-0.1, -0.05) is 0 Å². The maximum Gasteiger partial charge on any atom is 0.273 e. The molecule has 5 heterocycles. The van der Waals surface area contributed by atoms with Crippen molar-refractivity contribution in [1.29, 1.82) is 0 Å². The molecule has 33 heavy (non-hydrogen) atoms. The van der Waals surface area contributed by atoms with Crippen LogP contribution in [0.15, 0.2) is 45.4 Å². The third kappa shape index (κ3) is 3.76. The molecule has 0 bridgehead atoms. The number of ether oxygens (including phenoxy) is 1. The number of nitrogens with one attached hydrogen (secondary N) is 1. The highest BCUT2D eigenvalue weighted by Crippen LogP contribution is 2.39. The molecule has 1 saturated carbocycles. The number of carbonyl (C=O) groups is 2. The lowest BCUT2D eigenvalue weighted by Crippen LogP contribution is -2.57. The van der Waals surface area contributed by atoms with E-state index >= 15 is 0 Å². The van der Waals surface area contributed by atoms with Crippen LogP contribution in [0.5, 0.6) is 5.88 Å². The summed E-state index contributed by atoms with van der Waals surface area (Å²) in [7, 11) is 1.59. The van der Waals surface area contributed by atoms with Crippen LogP contribution in [0, 0.1) is 5.92 Å². The lowest BCUT2D eigenvalue weighted by Gasteiger charge is -2.45. The van der Waals surface area contributed by atoms with Crippen LogP contribution in [0.1, 0.15) is 23.3 Å². The Kier molecular flexibility index (Phi) is 4.86. The third-order valence-electron chi connectivity index (χ3n) is 6.86. The molecule has 0 spiro atoms. The fourth-order valence-corrected chi connectivity index (χ4v) is 4.98. The molecule has 1 aromatic rings. The van der Waals surface area contributed by atoms with Crippen molar-refractivity contribution in [2.75, 3.05) is 44.7 Å². The van der Waals surface area contributed by atoms with Crippen LogP contribution in [0.3, 0.4) is 0 Å². The summed E-state index contributed by atoms with van der Waals surface area (Å²) in [6, 6.07) is 3.76. The van der Waals surface area contributed by atoms with Crippen molar-refractivity contribution in [1.82, 2.24) is 15.2 Å². The van der Waals surface area contributed by atoms with E-state index in [1.54, 1.807) is 13.1 Å². The predicted molar refractivity (Wildman–Crippen MR) is 124 cm³/mol. The third-order valence-corrected chi connectivity index (χ3v) is 6.86. The topological polar surface area (TPSA) is 99.5 Å². The van der Waals surface area contributed by atoms with Gasteiger partial charge in [-0.3, -0.25) is 19.5 Å². The summed E-state index contributed by atoms with van der Waals surface area (Å²) < 4.78 is 5.92. The summed E-state index contributed by atoms with van der Waals surface area (Å²) >= 11 is 0. The van der Waals surface area contributed by atoms with Crippen molar-refractivity contribution < 1.29 is 14.3 Å². The predicted octanol–water partition coefficient (Wildman–Crippen LogP) is 1.02. The van der Waals surface area contributed by atoms with Gasteiger partial charge in [-0.05, 0) is 48.6 Å². The Bertz CT molecular complexity index is 1150. The molecule has 1 aromatic heterocycles. The van der Waals surface area contributed by atoms with E-state index in [2.05, 4.69) is 30.1 Å². The van der Waals surface area contributed by atoms with Crippen LogP contribution in [0.25, 0.3) is 0 Å². The van der Waals surface area contributed by atoms with Crippen LogP contribution in [0.4, 0.5) is 5.69 Å². The molecule has 9 nitrogen and oxygen atoms in total. The summed E-state index contributed by atoms with van der Waals surface area (Å²) in [5.41, 5.74) is 3.98. The summed E-state index contributed by atoms with van der Waals surface area (Å²) in [5.74, 6) is 0.610. The van der Waals surface area contributed by atoms with Crippen LogP contribution < -0.4 is 15.0 Å². The molecule has 170 valence electrons. The number of fused-ring (bicyclic) bond motifs is 4. The summed E-state index contributed by atoms with van der Waals surface area (Å²) in [6.07, 6.45) is 8.15. The lowest BCUT2D eigenvalue weighted by molar-refractivity contribution is -0.114. The van der Waals surface area contributed by atoms with Crippen molar-refractivity contribution >= 4 is 29.4 Å². The fraction of sp³-hybridized carbons (Fsp3) is 0.458. The molecule has 1 aliphatic carbocycles. The van der Waals surface area contributed by atoms with E-state index < -0.39 is 0 Å². The maximum absolute atomic E-state index is 12.4. The van der Waals surface area contributed by atoms with Gasteiger partial charge in [-0.15, -0.1) is 0 Å². The number of hydrogen-bond acceptors (Lipinski definition) is 7. The number of aromatic nitrogens is 1. The summed E-state index contributed by atoms with van der Waals surface area (Å²) in [6.45, 7) is 3.87. The van der Waals surface area contributed by atoms with E-state index in [0.717, 1.165) is 61.6 Å². The van der Waals surface area contributed by atoms with Crippen LogP contribution in [-0.4, -0.2) is 85.5 Å². The molecule has 2 atom stereocenters. The van der Waals surface area contributed by atoms with E-state index in [-0.39, 0.29) is 23.9 Å². The second-order valence-corrected chi connectivity index (χ2v) is 9.17. The van der Waals surface area contributed by atoms with Crippen LogP contribution in [0.2, 0.25) is 0 Å². The van der Waals surface area contributed by atoms with E-state index in [1.807, 2.05) is 24.4 Å². The van der Waals surface area contributed by atoms with Crippen molar-refractivity contribution in [3.05, 3.63) is 41.1 Å². The molecule has 2 fully saturated rings. The number of aliphatic imine (C=N–C) groups is 2. The molecular formula is C24H26N6O3. The number of nitrogens with zero attached hydrogens (tertiary/aromatic N) is 5. The summed E-state index contributed by atoms with van der Waals surface area (Å²) in [4.78, 5) is 42.4. The molecule has 0 radical (unpaired) electrons. The number of hydrogen-bond donors (Lipinski definition) is 1. The highest BCUT2D eigenvalue weighted by atomic mass is 16.5. The monoisotopic (exact) mass is 446 g/mol. The van der Waals surface area contributed by atoms with Gasteiger partial charge >= 0.3 is 0 Å². The molecule has 4 aliphatic heterocycles. The molecular weight excluding hydrogens is 420 g/mol. The Morgan fingerprint density at radius 2 is 2.15 bits per heavy atom. The van der Waals surface area contributed by atoms with Gasteiger partial charge in [0.05, 0.1) is 11.8 Å². The van der Waals surface area contributed by atoms with Gasteiger partial charge in [-0.25, -0.2) is 9.98 Å². The van der Waals surface area contributed by atoms with E-state index in [4.69, 9.17) is 4.74 Å². The molecule has 1 saturated heterocycles. The van der Waals surface area contributed by atoms with Crippen LogP contribution >= 0.6 is 0 Å². The zero-order valence-electron chi connectivity index (χ0n) is 18.5. The van der Waals surface area contributed by atoms with Gasteiger partial charge in [-0.2, -0.15) is 0 Å². The minimum Gasteiger partial charge on any atom is -0.474 e. The molecule has 1 N–H and O–H groups in total. The summed E-state index contributed by atoms with van der Waals surface area (Å²) in [5, 5.41) is 2.60. The second kappa shape index (κ2) is 7.91. The molecule has 1 unspecified atom stereocenters. The normalized spacial score (nSPS) is 26.3. The quantitative estimate of drug-likeness (QED) is 0.742. The average molecular weight is 447 g/mol. The smallest absolute Gasteiger partial charge is 0.273 e. The standard InChI is InChI=1S/C24H26N6O3/c1-25-23(32)18-4-5-21-24(28-18)33-13-16-12-29(6-7-30(16)21)11-14-8-20-19(26-10-14)9-17(15-2-3-15)22(31)27-20/h4-5,8-10,15-16,19H,2-3,6-7,11-13H2,1H3,(H,25,32)/t16-,19?/m0/s1.